The van der Waals surface area contributed by atoms with E-state index in [1.165, 1.54) is 0 Å². The fraction of sp³-hybridized carbons (Fsp3) is 0.750. The van der Waals surface area contributed by atoms with Gasteiger partial charge in [0.15, 0.2) is 5.78 Å². The Morgan fingerprint density at radius 2 is 2.16 bits per heavy atom. The van der Waals surface area contributed by atoms with Crippen LogP contribution in [-0.4, -0.2) is 17.4 Å². The number of carbonyl (C=O) groups is 2. The summed E-state index contributed by atoms with van der Waals surface area (Å²) < 4.78 is 5.66. The summed E-state index contributed by atoms with van der Waals surface area (Å²) in [7, 11) is 0. The molecule has 5 atom stereocenters. The smallest absolute Gasteiger partial charge is 0.313 e. The number of esters is 1. The van der Waals surface area contributed by atoms with Gasteiger partial charge in [-0.15, -0.1) is 0 Å². The Balaban J connectivity index is 0.000000528. The summed E-state index contributed by atoms with van der Waals surface area (Å²) in [5.41, 5.74) is 0.262. The second kappa shape index (κ2) is 3.71. The van der Waals surface area contributed by atoms with E-state index in [4.69, 9.17) is 4.74 Å². The first-order chi connectivity index (χ1) is 8.99. The molecule has 0 radical (unpaired) electrons. The van der Waals surface area contributed by atoms with Crippen molar-refractivity contribution in [1.29, 1.82) is 0 Å². The molecule has 0 aromatic rings. The maximum absolute atomic E-state index is 11.9. The molecule has 2 aliphatic heterocycles. The van der Waals surface area contributed by atoms with Crippen LogP contribution < -0.4 is 0 Å². The molecule has 5 unspecified atom stereocenters. The highest BCUT2D eigenvalue weighted by Crippen LogP contribution is 2.81. The number of rotatable bonds is 3. The monoisotopic (exact) mass is 262 g/mol. The Morgan fingerprint density at radius 1 is 1.47 bits per heavy atom. The first-order valence-corrected chi connectivity index (χ1v) is 7.42. The lowest BCUT2D eigenvalue weighted by Gasteiger charge is -2.51. The highest BCUT2D eigenvalue weighted by atomic mass is 16.6. The van der Waals surface area contributed by atoms with Crippen molar-refractivity contribution in [3.05, 3.63) is 12.2 Å². The lowest BCUT2D eigenvalue weighted by Crippen LogP contribution is -2.58. The van der Waals surface area contributed by atoms with Crippen molar-refractivity contribution in [2.45, 2.75) is 52.1 Å². The molecule has 3 aliphatic carbocycles. The average Bonchev–Trinajstić information content (AvgIpc) is 2.96. The number of hydrogen-bond acceptors (Lipinski definition) is 3. The third kappa shape index (κ3) is 1.24. The predicted octanol–water partition coefficient (Wildman–Crippen LogP) is 2.89. The minimum Gasteiger partial charge on any atom is -0.458 e. The van der Waals surface area contributed by atoms with Crippen molar-refractivity contribution in [3.63, 3.8) is 0 Å². The lowest BCUT2D eigenvalue weighted by molar-refractivity contribution is -0.148. The molecule has 0 aromatic heterocycles. The highest BCUT2D eigenvalue weighted by molar-refractivity contribution is 5.95. The molecule has 3 saturated carbocycles. The first-order valence-electron chi connectivity index (χ1n) is 7.42. The Kier molecular flexibility index (Phi) is 2.52. The van der Waals surface area contributed by atoms with Crippen LogP contribution in [0.2, 0.25) is 0 Å². The first kappa shape index (κ1) is 12.9. The molecule has 5 rings (SSSR count). The van der Waals surface area contributed by atoms with Crippen molar-refractivity contribution in [1.82, 2.24) is 0 Å². The molecule has 0 amide bonds. The van der Waals surface area contributed by atoms with E-state index in [1.54, 1.807) is 6.92 Å². The topological polar surface area (TPSA) is 43.4 Å². The normalized spacial score (nSPS) is 47.1. The zero-order valence-electron chi connectivity index (χ0n) is 12.0. The van der Waals surface area contributed by atoms with Crippen molar-refractivity contribution in [3.8, 4) is 0 Å². The third-order valence-corrected chi connectivity index (χ3v) is 5.78. The molecule has 2 saturated heterocycles. The predicted molar refractivity (Wildman–Crippen MR) is 71.4 cm³/mol. The zero-order chi connectivity index (χ0) is 14.0. The van der Waals surface area contributed by atoms with Gasteiger partial charge in [-0.3, -0.25) is 9.59 Å². The van der Waals surface area contributed by atoms with Crippen molar-refractivity contribution in [2.75, 3.05) is 0 Å². The van der Waals surface area contributed by atoms with Crippen molar-refractivity contribution >= 4 is 11.8 Å². The van der Waals surface area contributed by atoms with Crippen LogP contribution in [0.15, 0.2) is 12.2 Å². The van der Waals surface area contributed by atoms with Crippen LogP contribution in [0.1, 0.15) is 46.5 Å². The summed E-state index contributed by atoms with van der Waals surface area (Å²) in [6.07, 6.45) is 3.47. The molecule has 2 heterocycles. The van der Waals surface area contributed by atoms with Gasteiger partial charge in [0.1, 0.15) is 5.60 Å². The minimum absolute atomic E-state index is 0.0234. The number of carbonyl (C=O) groups excluding carboxylic acids is 2. The maximum Gasteiger partial charge on any atom is 0.313 e. The molecular formula is C16H22O3. The van der Waals surface area contributed by atoms with E-state index in [0.717, 1.165) is 19.3 Å². The van der Waals surface area contributed by atoms with Gasteiger partial charge in [-0.25, -0.2) is 0 Å². The summed E-state index contributed by atoms with van der Waals surface area (Å²) in [5.74, 6) is 1.39. The fourth-order valence-corrected chi connectivity index (χ4v) is 5.13. The molecule has 0 N–H and O–H groups in total. The van der Waals surface area contributed by atoms with Gasteiger partial charge in [-0.05, 0) is 31.3 Å². The van der Waals surface area contributed by atoms with Crippen LogP contribution >= 0.6 is 0 Å². The van der Waals surface area contributed by atoms with E-state index in [-0.39, 0.29) is 28.7 Å². The molecule has 5 fully saturated rings. The molecule has 104 valence electrons. The van der Waals surface area contributed by atoms with Crippen LogP contribution in [0.25, 0.3) is 0 Å². The van der Waals surface area contributed by atoms with E-state index in [1.807, 2.05) is 13.8 Å². The third-order valence-electron chi connectivity index (χ3n) is 5.78. The van der Waals surface area contributed by atoms with Gasteiger partial charge >= 0.3 is 5.97 Å². The summed E-state index contributed by atoms with van der Waals surface area (Å²) in [5, 5.41) is 0. The lowest BCUT2D eigenvalue weighted by atomic mass is 9.49. The number of fused-ring (bicyclic) bond motifs is 2. The average molecular weight is 262 g/mol. The van der Waals surface area contributed by atoms with E-state index in [0.29, 0.717) is 23.8 Å². The number of allylic oxidation sites excluding steroid dienone is 1. The number of Topliss-reactive ketones (excluding diaryl/α,β-unsaturated/α-hetero) is 1. The Morgan fingerprint density at radius 3 is 2.79 bits per heavy atom. The van der Waals surface area contributed by atoms with Gasteiger partial charge in [0.25, 0.3) is 0 Å². The van der Waals surface area contributed by atoms with Gasteiger partial charge in [-0.1, -0.05) is 20.4 Å². The summed E-state index contributed by atoms with van der Waals surface area (Å²) >= 11 is 0. The molecular weight excluding hydrogens is 240 g/mol. The molecule has 4 bridgehead atoms. The fourth-order valence-electron chi connectivity index (χ4n) is 5.13. The van der Waals surface area contributed by atoms with Crippen molar-refractivity contribution in [2.24, 2.45) is 23.2 Å². The van der Waals surface area contributed by atoms with Crippen LogP contribution in [-0.2, 0) is 14.3 Å². The maximum atomic E-state index is 11.9. The second-order valence-electron chi connectivity index (χ2n) is 6.44. The van der Waals surface area contributed by atoms with Crippen LogP contribution in [0.3, 0.4) is 0 Å². The number of ether oxygens (including phenoxy) is 1. The minimum atomic E-state index is -0.245. The molecule has 5 aliphatic rings. The van der Waals surface area contributed by atoms with E-state index in [2.05, 4.69) is 6.58 Å². The standard InChI is InChI=1S/C14H16O3.C2H6/c1-7(2)10(15)4-9-8-3-11-13(5-8)6-14(9,11)17-12(13)16;1-2/h8-9,11H,1,3-6H2,2H3;1-2H3. The molecule has 19 heavy (non-hydrogen) atoms. The van der Waals surface area contributed by atoms with Gasteiger partial charge < -0.3 is 4.74 Å². The van der Waals surface area contributed by atoms with Gasteiger partial charge in [0, 0.05) is 24.7 Å². The summed E-state index contributed by atoms with van der Waals surface area (Å²) in [6, 6.07) is 0. The largest absolute Gasteiger partial charge is 0.458 e. The van der Waals surface area contributed by atoms with Crippen molar-refractivity contribution < 1.29 is 14.3 Å². The summed E-state index contributed by atoms with van der Waals surface area (Å²) in [4.78, 5) is 23.7. The SMILES string of the molecule is C=C(C)C(=O)CC1C2CC3C4(C2)CC13OC4=O.CC. The Hall–Kier alpha value is -1.12. The highest BCUT2D eigenvalue weighted by Gasteiger charge is 2.86. The molecule has 3 heteroatoms. The molecule has 3 nitrogen and oxygen atoms in total. The Bertz CT molecular complexity index is 476. The molecule has 2 spiro atoms. The van der Waals surface area contributed by atoms with Crippen LogP contribution in [0.4, 0.5) is 0 Å². The van der Waals surface area contributed by atoms with Crippen LogP contribution in [0.5, 0.6) is 0 Å². The zero-order valence-corrected chi connectivity index (χ0v) is 12.0. The van der Waals surface area contributed by atoms with Gasteiger partial charge in [0.2, 0.25) is 0 Å². The van der Waals surface area contributed by atoms with E-state index >= 15 is 0 Å². The number of ketones is 1. The van der Waals surface area contributed by atoms with Crippen LogP contribution in [0, 0.1) is 23.2 Å². The van der Waals surface area contributed by atoms with Gasteiger partial charge in [-0.2, -0.15) is 0 Å². The van der Waals surface area contributed by atoms with E-state index in [9.17, 15) is 9.59 Å². The second-order valence-corrected chi connectivity index (χ2v) is 6.44. The summed E-state index contributed by atoms with van der Waals surface area (Å²) in [6.45, 7) is 9.48. The van der Waals surface area contributed by atoms with Gasteiger partial charge in [0.05, 0.1) is 5.41 Å². The quantitative estimate of drug-likeness (QED) is 0.580. The van der Waals surface area contributed by atoms with E-state index < -0.39 is 0 Å². The number of hydrogen-bond donors (Lipinski definition) is 0. The Labute approximate surface area is 114 Å². The molecule has 0 aromatic carbocycles.